The molecule has 1 N–H and O–H groups in total. The number of halogens is 6. The van der Waals surface area contributed by atoms with Gasteiger partial charge in [0.15, 0.2) is 5.82 Å². The SMILES string of the molecule is Fc1c(Cl)cc(C2(C(F)(F)F)CC(c3ccc4c(c3)COC43CNC3)=CS2)cc1Cl. The van der Waals surface area contributed by atoms with Crippen molar-refractivity contribution >= 4 is 40.5 Å². The van der Waals surface area contributed by atoms with Crippen LogP contribution in [0.5, 0.6) is 0 Å². The van der Waals surface area contributed by atoms with Crippen LogP contribution in [0, 0.1) is 5.82 Å². The Morgan fingerprint density at radius 2 is 1.77 bits per heavy atom. The molecular weight excluding hydrogens is 461 g/mol. The molecule has 158 valence electrons. The Bertz CT molecular complexity index is 1060. The third-order valence-corrected chi connectivity index (χ3v) is 8.01. The van der Waals surface area contributed by atoms with E-state index >= 15 is 0 Å². The minimum absolute atomic E-state index is 0.161. The van der Waals surface area contributed by atoms with Gasteiger partial charge in [-0.3, -0.25) is 0 Å². The van der Waals surface area contributed by atoms with Gasteiger partial charge in [0.1, 0.15) is 10.3 Å². The van der Waals surface area contributed by atoms with Gasteiger partial charge in [0.2, 0.25) is 0 Å². The van der Waals surface area contributed by atoms with Crippen LogP contribution in [0.25, 0.3) is 5.57 Å². The molecule has 2 aromatic rings. The molecular formula is C21H15Cl2F4NOS. The molecule has 0 radical (unpaired) electrons. The van der Waals surface area contributed by atoms with Crippen LogP contribution in [-0.2, 0) is 21.7 Å². The van der Waals surface area contributed by atoms with Gasteiger partial charge in [-0.1, -0.05) is 35.3 Å². The van der Waals surface area contributed by atoms with Crippen molar-refractivity contribution in [2.45, 2.75) is 29.6 Å². The van der Waals surface area contributed by atoms with E-state index in [1.165, 1.54) is 5.41 Å². The van der Waals surface area contributed by atoms with E-state index < -0.39 is 26.8 Å². The number of ether oxygens (including phenoxy) is 1. The molecule has 1 fully saturated rings. The number of hydrogen-bond donors (Lipinski definition) is 1. The number of allylic oxidation sites excluding steroid dienone is 1. The van der Waals surface area contributed by atoms with Crippen molar-refractivity contribution in [1.29, 1.82) is 0 Å². The number of rotatable bonds is 2. The fraction of sp³-hybridized carbons (Fsp3) is 0.333. The highest BCUT2D eigenvalue weighted by Crippen LogP contribution is 2.60. The standard InChI is InChI=1S/C21H15Cl2F4NOS/c22-16-4-14(5-17(23)18(16)24)20(21(25,26)27)6-13(8-30-20)11-1-2-15-12(3-11)7-29-19(15)9-28-10-19/h1-5,8,28H,6-7,9-10H2. The summed E-state index contributed by atoms with van der Waals surface area (Å²) in [5, 5.41) is 3.87. The fourth-order valence-corrected chi connectivity index (χ4v) is 5.95. The summed E-state index contributed by atoms with van der Waals surface area (Å²) in [4.78, 5) is 0. The molecule has 5 rings (SSSR count). The summed E-state index contributed by atoms with van der Waals surface area (Å²) in [5.41, 5.74) is 2.91. The van der Waals surface area contributed by atoms with Crippen LogP contribution >= 0.6 is 35.0 Å². The Labute approximate surface area is 184 Å². The lowest BCUT2D eigenvalue weighted by atomic mass is 9.84. The first-order chi connectivity index (χ1) is 14.2. The summed E-state index contributed by atoms with van der Waals surface area (Å²) >= 11 is 12.3. The van der Waals surface area contributed by atoms with E-state index in [0.717, 1.165) is 41.9 Å². The molecule has 0 aromatic heterocycles. The Morgan fingerprint density at radius 3 is 2.37 bits per heavy atom. The molecule has 3 aliphatic rings. The number of nitrogens with one attached hydrogen (secondary N) is 1. The highest BCUT2D eigenvalue weighted by Gasteiger charge is 2.59. The molecule has 0 amide bonds. The highest BCUT2D eigenvalue weighted by atomic mass is 35.5. The Morgan fingerprint density at radius 1 is 1.07 bits per heavy atom. The second kappa shape index (κ2) is 6.87. The Hall–Kier alpha value is -1.25. The second-order valence-corrected chi connectivity index (χ2v) is 9.76. The Kier molecular flexibility index (Phi) is 4.73. The molecule has 0 saturated carbocycles. The summed E-state index contributed by atoms with van der Waals surface area (Å²) in [6.07, 6.45) is -4.90. The zero-order valence-electron chi connectivity index (χ0n) is 15.4. The molecule has 1 saturated heterocycles. The fourth-order valence-electron chi connectivity index (χ4n) is 4.28. The van der Waals surface area contributed by atoms with Gasteiger partial charge in [0.25, 0.3) is 0 Å². The van der Waals surface area contributed by atoms with E-state index in [1.807, 2.05) is 18.2 Å². The number of alkyl halides is 3. The minimum Gasteiger partial charge on any atom is -0.363 e. The molecule has 2 nitrogen and oxygen atoms in total. The summed E-state index contributed by atoms with van der Waals surface area (Å²) < 4.78 is 60.3. The normalized spacial score (nSPS) is 24.7. The summed E-state index contributed by atoms with van der Waals surface area (Å²) in [6, 6.07) is 7.74. The third-order valence-electron chi connectivity index (χ3n) is 6.04. The molecule has 3 aliphatic heterocycles. The van der Waals surface area contributed by atoms with Crippen molar-refractivity contribution in [2.75, 3.05) is 13.1 Å². The smallest absolute Gasteiger partial charge is 0.363 e. The van der Waals surface area contributed by atoms with Crippen LogP contribution in [0.4, 0.5) is 17.6 Å². The van der Waals surface area contributed by atoms with E-state index in [-0.39, 0.29) is 17.6 Å². The lowest BCUT2D eigenvalue weighted by Gasteiger charge is -2.39. The van der Waals surface area contributed by atoms with Crippen molar-refractivity contribution in [3.05, 3.63) is 73.9 Å². The van der Waals surface area contributed by atoms with Crippen LogP contribution in [0.1, 0.15) is 28.7 Å². The van der Waals surface area contributed by atoms with Crippen LogP contribution in [0.3, 0.4) is 0 Å². The minimum atomic E-state index is -4.60. The molecule has 2 aromatic carbocycles. The topological polar surface area (TPSA) is 21.3 Å². The van der Waals surface area contributed by atoms with Crippen molar-refractivity contribution < 1.29 is 22.3 Å². The van der Waals surface area contributed by atoms with Crippen molar-refractivity contribution in [3.8, 4) is 0 Å². The van der Waals surface area contributed by atoms with Gasteiger partial charge in [-0.15, -0.1) is 11.8 Å². The number of hydrogen-bond acceptors (Lipinski definition) is 3. The van der Waals surface area contributed by atoms with Crippen LogP contribution < -0.4 is 5.32 Å². The van der Waals surface area contributed by atoms with Crippen LogP contribution in [0.15, 0.2) is 35.7 Å². The first-order valence-electron chi connectivity index (χ1n) is 9.22. The first-order valence-corrected chi connectivity index (χ1v) is 10.9. The maximum Gasteiger partial charge on any atom is 0.407 e. The third kappa shape index (κ3) is 2.93. The van der Waals surface area contributed by atoms with Crippen LogP contribution in [-0.4, -0.2) is 19.3 Å². The number of thioether (sulfide) groups is 1. The van der Waals surface area contributed by atoms with E-state index in [4.69, 9.17) is 27.9 Å². The van der Waals surface area contributed by atoms with Crippen molar-refractivity contribution in [3.63, 3.8) is 0 Å². The lowest BCUT2D eigenvalue weighted by Crippen LogP contribution is -2.56. The second-order valence-electron chi connectivity index (χ2n) is 7.77. The van der Waals surface area contributed by atoms with Crippen molar-refractivity contribution in [2.24, 2.45) is 0 Å². The molecule has 1 spiro atoms. The molecule has 1 atom stereocenters. The van der Waals surface area contributed by atoms with Gasteiger partial charge in [0, 0.05) is 19.5 Å². The summed E-state index contributed by atoms with van der Waals surface area (Å²) in [6.45, 7) is 1.92. The monoisotopic (exact) mass is 475 g/mol. The largest absolute Gasteiger partial charge is 0.407 e. The van der Waals surface area contributed by atoms with Gasteiger partial charge < -0.3 is 10.1 Å². The summed E-state index contributed by atoms with van der Waals surface area (Å²) in [5.74, 6) is -0.923. The van der Waals surface area contributed by atoms with Gasteiger partial charge in [0.05, 0.1) is 16.7 Å². The number of benzene rings is 2. The Balaban J connectivity index is 1.51. The molecule has 0 aliphatic carbocycles. The van der Waals surface area contributed by atoms with E-state index in [1.54, 1.807) is 0 Å². The zero-order chi connectivity index (χ0) is 21.3. The summed E-state index contributed by atoms with van der Waals surface area (Å²) in [7, 11) is 0. The highest BCUT2D eigenvalue weighted by molar-refractivity contribution is 8.03. The first kappa shape index (κ1) is 20.6. The lowest BCUT2D eigenvalue weighted by molar-refractivity contribution is -0.160. The van der Waals surface area contributed by atoms with E-state index in [2.05, 4.69) is 5.32 Å². The van der Waals surface area contributed by atoms with Gasteiger partial charge in [-0.25, -0.2) is 4.39 Å². The van der Waals surface area contributed by atoms with E-state index in [9.17, 15) is 17.6 Å². The maximum atomic E-state index is 14.3. The molecule has 1 unspecified atom stereocenters. The predicted octanol–water partition coefficient (Wildman–Crippen LogP) is 6.40. The van der Waals surface area contributed by atoms with Gasteiger partial charge in [-0.05, 0) is 51.4 Å². The molecule has 30 heavy (non-hydrogen) atoms. The molecule has 9 heteroatoms. The quantitative estimate of drug-likeness (QED) is 0.401. The number of fused-ring (bicyclic) bond motifs is 2. The molecule has 3 heterocycles. The predicted molar refractivity (Wildman–Crippen MR) is 110 cm³/mol. The maximum absolute atomic E-state index is 14.3. The average molecular weight is 476 g/mol. The molecule has 0 bridgehead atoms. The zero-order valence-corrected chi connectivity index (χ0v) is 17.7. The van der Waals surface area contributed by atoms with Crippen LogP contribution in [0.2, 0.25) is 10.0 Å². The van der Waals surface area contributed by atoms with Gasteiger partial charge >= 0.3 is 6.18 Å². The van der Waals surface area contributed by atoms with Crippen molar-refractivity contribution in [1.82, 2.24) is 5.32 Å². The van der Waals surface area contributed by atoms with E-state index in [0.29, 0.717) is 23.9 Å². The average Bonchev–Trinajstić information content (AvgIpc) is 3.27. The van der Waals surface area contributed by atoms with Gasteiger partial charge in [-0.2, -0.15) is 13.2 Å².